The van der Waals surface area contributed by atoms with Crippen molar-refractivity contribution in [3.63, 3.8) is 0 Å². The fourth-order valence-corrected chi connectivity index (χ4v) is 4.24. The number of benzene rings is 1. The Kier molecular flexibility index (Phi) is 4.52. The number of hydrogen-bond acceptors (Lipinski definition) is 3. The van der Waals surface area contributed by atoms with Gasteiger partial charge in [0.1, 0.15) is 5.15 Å². The monoisotopic (exact) mass is 329 g/mol. The Labute approximate surface area is 143 Å². The molecular formula is C19H24ClN3. The lowest BCUT2D eigenvalue weighted by atomic mass is 10.1. The number of pyridine rings is 1. The summed E-state index contributed by atoms with van der Waals surface area (Å²) in [5, 5.41) is 1.85. The number of aromatic nitrogens is 1. The number of likely N-dealkylation sites (tertiary alicyclic amines) is 2. The minimum Gasteiger partial charge on any atom is -0.302 e. The van der Waals surface area contributed by atoms with Gasteiger partial charge in [-0.15, -0.1) is 0 Å². The van der Waals surface area contributed by atoms with Crippen molar-refractivity contribution in [1.29, 1.82) is 0 Å². The summed E-state index contributed by atoms with van der Waals surface area (Å²) < 4.78 is 0. The Morgan fingerprint density at radius 3 is 2.78 bits per heavy atom. The quantitative estimate of drug-likeness (QED) is 0.792. The van der Waals surface area contributed by atoms with Crippen LogP contribution < -0.4 is 0 Å². The maximum Gasteiger partial charge on any atom is 0.134 e. The van der Waals surface area contributed by atoms with Gasteiger partial charge in [0.2, 0.25) is 0 Å². The zero-order valence-electron chi connectivity index (χ0n) is 13.5. The Hall–Kier alpha value is -1.16. The van der Waals surface area contributed by atoms with E-state index < -0.39 is 0 Å². The lowest BCUT2D eigenvalue weighted by molar-refractivity contribution is 0.185. The highest BCUT2D eigenvalue weighted by molar-refractivity contribution is 6.30. The van der Waals surface area contributed by atoms with Gasteiger partial charge in [0.25, 0.3) is 0 Å². The molecule has 3 nitrogen and oxygen atoms in total. The Morgan fingerprint density at radius 2 is 1.91 bits per heavy atom. The number of para-hydroxylation sites is 1. The van der Waals surface area contributed by atoms with E-state index in [2.05, 4.69) is 33.0 Å². The van der Waals surface area contributed by atoms with Gasteiger partial charge in [-0.25, -0.2) is 4.98 Å². The first-order valence-electron chi connectivity index (χ1n) is 8.80. The highest BCUT2D eigenvalue weighted by Gasteiger charge is 2.28. The van der Waals surface area contributed by atoms with E-state index in [0.29, 0.717) is 11.2 Å². The van der Waals surface area contributed by atoms with Gasteiger partial charge < -0.3 is 4.90 Å². The van der Waals surface area contributed by atoms with E-state index in [1.54, 1.807) is 0 Å². The molecule has 0 spiro atoms. The van der Waals surface area contributed by atoms with Crippen LogP contribution in [0.5, 0.6) is 0 Å². The third-order valence-electron chi connectivity index (χ3n) is 5.29. The molecule has 0 saturated carbocycles. The molecule has 23 heavy (non-hydrogen) atoms. The van der Waals surface area contributed by atoms with Gasteiger partial charge >= 0.3 is 0 Å². The van der Waals surface area contributed by atoms with E-state index in [1.165, 1.54) is 62.8 Å². The molecule has 0 amide bonds. The summed E-state index contributed by atoms with van der Waals surface area (Å²) in [6.45, 7) is 5.89. The van der Waals surface area contributed by atoms with Crippen molar-refractivity contribution in [3.05, 3.63) is 41.0 Å². The molecule has 1 atom stereocenters. The molecule has 2 fully saturated rings. The zero-order valence-corrected chi connectivity index (χ0v) is 14.3. The third kappa shape index (κ3) is 3.37. The van der Waals surface area contributed by atoms with E-state index in [1.807, 2.05) is 12.1 Å². The normalized spacial score (nSPS) is 23.1. The average molecular weight is 330 g/mol. The van der Waals surface area contributed by atoms with Crippen molar-refractivity contribution in [2.24, 2.45) is 0 Å². The third-order valence-corrected chi connectivity index (χ3v) is 5.62. The fourth-order valence-electron chi connectivity index (χ4n) is 4.04. The fraction of sp³-hybridized carbons (Fsp3) is 0.526. The van der Waals surface area contributed by atoms with Gasteiger partial charge in [-0.3, -0.25) is 4.90 Å². The van der Waals surface area contributed by atoms with Crippen molar-refractivity contribution in [2.75, 3.05) is 26.2 Å². The molecule has 1 aromatic heterocycles. The molecule has 122 valence electrons. The van der Waals surface area contributed by atoms with Crippen LogP contribution in [0.1, 0.15) is 31.2 Å². The Morgan fingerprint density at radius 1 is 1.09 bits per heavy atom. The largest absolute Gasteiger partial charge is 0.302 e. The average Bonchev–Trinajstić information content (AvgIpc) is 3.21. The first-order chi connectivity index (χ1) is 11.3. The van der Waals surface area contributed by atoms with E-state index >= 15 is 0 Å². The maximum absolute atomic E-state index is 6.45. The van der Waals surface area contributed by atoms with Crippen LogP contribution in [0.3, 0.4) is 0 Å². The molecule has 4 rings (SSSR count). The molecular weight excluding hydrogens is 306 g/mol. The van der Waals surface area contributed by atoms with Crippen molar-refractivity contribution in [3.8, 4) is 0 Å². The summed E-state index contributed by atoms with van der Waals surface area (Å²) in [6, 6.07) is 11.1. The molecule has 2 saturated heterocycles. The van der Waals surface area contributed by atoms with Gasteiger partial charge in [-0.2, -0.15) is 0 Å². The first kappa shape index (κ1) is 15.4. The second-order valence-electron chi connectivity index (χ2n) is 6.91. The van der Waals surface area contributed by atoms with E-state index in [9.17, 15) is 0 Å². The first-order valence-corrected chi connectivity index (χ1v) is 9.18. The molecule has 1 aromatic carbocycles. The topological polar surface area (TPSA) is 19.4 Å². The van der Waals surface area contributed by atoms with Gasteiger partial charge in [0, 0.05) is 30.1 Å². The highest BCUT2D eigenvalue weighted by Crippen LogP contribution is 2.26. The maximum atomic E-state index is 6.45. The summed E-state index contributed by atoms with van der Waals surface area (Å²) in [4.78, 5) is 9.81. The number of hydrogen-bond donors (Lipinski definition) is 0. The predicted octanol–water partition coefficient (Wildman–Crippen LogP) is 3.95. The molecule has 4 heteroatoms. The number of rotatable bonds is 4. The molecule has 1 unspecified atom stereocenters. The molecule has 2 aliphatic rings. The molecule has 3 heterocycles. The summed E-state index contributed by atoms with van der Waals surface area (Å²) in [5.41, 5.74) is 2.15. The van der Waals surface area contributed by atoms with Gasteiger partial charge in [0.15, 0.2) is 0 Å². The minimum absolute atomic E-state index is 0.663. The van der Waals surface area contributed by atoms with Crippen LogP contribution in [0.2, 0.25) is 5.15 Å². The summed E-state index contributed by atoms with van der Waals surface area (Å²) in [5.74, 6) is 0. The van der Waals surface area contributed by atoms with Crippen LogP contribution in [0.4, 0.5) is 0 Å². The number of fused-ring (bicyclic) bond motifs is 1. The summed E-state index contributed by atoms with van der Waals surface area (Å²) in [7, 11) is 0. The van der Waals surface area contributed by atoms with Crippen molar-refractivity contribution < 1.29 is 0 Å². The number of halogens is 1. The standard InChI is InChI=1S/C19H24ClN3/c20-19-16(12-15-6-1-2-8-18(15)21-19)13-23-11-5-7-17(23)14-22-9-3-4-10-22/h1-2,6,8,12,17H,3-5,7,9-11,13-14H2. The van der Waals surface area contributed by atoms with Crippen molar-refractivity contribution in [1.82, 2.24) is 14.8 Å². The van der Waals surface area contributed by atoms with E-state index in [0.717, 1.165) is 12.1 Å². The van der Waals surface area contributed by atoms with Crippen LogP contribution in [0.25, 0.3) is 10.9 Å². The van der Waals surface area contributed by atoms with Crippen LogP contribution >= 0.6 is 11.6 Å². The van der Waals surface area contributed by atoms with Crippen LogP contribution in [-0.2, 0) is 6.54 Å². The minimum atomic E-state index is 0.663. The Balaban J connectivity index is 1.50. The molecule has 0 N–H and O–H groups in total. The predicted molar refractivity (Wildman–Crippen MR) is 95.9 cm³/mol. The summed E-state index contributed by atoms with van der Waals surface area (Å²) >= 11 is 6.45. The van der Waals surface area contributed by atoms with E-state index in [-0.39, 0.29) is 0 Å². The SMILES string of the molecule is Clc1nc2ccccc2cc1CN1CCCC1CN1CCCC1. The van der Waals surface area contributed by atoms with Gasteiger partial charge in [0.05, 0.1) is 5.52 Å². The van der Waals surface area contributed by atoms with Gasteiger partial charge in [-0.05, 0) is 57.5 Å². The van der Waals surface area contributed by atoms with Crippen molar-refractivity contribution in [2.45, 2.75) is 38.3 Å². The molecule has 0 aliphatic carbocycles. The zero-order chi connectivity index (χ0) is 15.6. The van der Waals surface area contributed by atoms with E-state index in [4.69, 9.17) is 11.6 Å². The molecule has 2 aliphatic heterocycles. The molecule has 0 bridgehead atoms. The smallest absolute Gasteiger partial charge is 0.134 e. The van der Waals surface area contributed by atoms with Crippen LogP contribution in [0.15, 0.2) is 30.3 Å². The lowest BCUT2D eigenvalue weighted by Crippen LogP contribution is -2.39. The van der Waals surface area contributed by atoms with Gasteiger partial charge in [-0.1, -0.05) is 29.8 Å². The van der Waals surface area contributed by atoms with Crippen LogP contribution in [-0.4, -0.2) is 47.0 Å². The second kappa shape index (κ2) is 6.76. The molecule has 0 radical (unpaired) electrons. The lowest BCUT2D eigenvalue weighted by Gasteiger charge is -2.28. The van der Waals surface area contributed by atoms with Crippen LogP contribution in [0, 0.1) is 0 Å². The van der Waals surface area contributed by atoms with Crippen molar-refractivity contribution >= 4 is 22.5 Å². The Bertz CT molecular complexity index is 681. The highest BCUT2D eigenvalue weighted by atomic mass is 35.5. The summed E-state index contributed by atoms with van der Waals surface area (Å²) in [6.07, 6.45) is 5.35. The number of nitrogens with zero attached hydrogens (tertiary/aromatic N) is 3. The second-order valence-corrected chi connectivity index (χ2v) is 7.26. The molecule has 2 aromatic rings.